The molecule has 0 spiro atoms. The molecule has 1 aromatic rings. The smallest absolute Gasteiger partial charge is 0.313 e. The highest BCUT2D eigenvalue weighted by molar-refractivity contribution is 5.96. The second-order valence-electron chi connectivity index (χ2n) is 4.04. The van der Waals surface area contributed by atoms with E-state index < -0.39 is 5.97 Å². The molecule has 0 aromatic heterocycles. The van der Waals surface area contributed by atoms with Crippen LogP contribution in [0.15, 0.2) is 30.3 Å². The number of esters is 1. The summed E-state index contributed by atoms with van der Waals surface area (Å²) in [7, 11) is 0. The fraction of sp³-hybridized carbons (Fsp3) is 0.429. The van der Waals surface area contributed by atoms with Crippen molar-refractivity contribution in [3.05, 3.63) is 35.9 Å². The fourth-order valence-corrected chi connectivity index (χ4v) is 1.61. The molecule has 0 aliphatic heterocycles. The summed E-state index contributed by atoms with van der Waals surface area (Å²) >= 11 is 0. The highest BCUT2D eigenvalue weighted by Crippen LogP contribution is 2.11. The van der Waals surface area contributed by atoms with E-state index in [4.69, 9.17) is 4.74 Å². The van der Waals surface area contributed by atoms with Crippen LogP contribution in [-0.2, 0) is 20.7 Å². The number of carbonyl (C=O) groups is 2. The lowest BCUT2D eigenvalue weighted by molar-refractivity contribution is -0.146. The number of ether oxygens (including phenoxy) is 1. The molecule has 0 heterocycles. The van der Waals surface area contributed by atoms with E-state index in [1.165, 1.54) is 0 Å². The maximum atomic E-state index is 11.7. The number of ketones is 1. The van der Waals surface area contributed by atoms with Gasteiger partial charge in [0.05, 0.1) is 6.61 Å². The van der Waals surface area contributed by atoms with Gasteiger partial charge in [0.25, 0.3) is 0 Å². The first-order valence-electron chi connectivity index (χ1n) is 5.85. The van der Waals surface area contributed by atoms with Crippen LogP contribution in [0.25, 0.3) is 0 Å². The van der Waals surface area contributed by atoms with Gasteiger partial charge in [-0.1, -0.05) is 37.3 Å². The molecule has 92 valence electrons. The van der Waals surface area contributed by atoms with E-state index in [0.717, 1.165) is 5.56 Å². The maximum Gasteiger partial charge on any atom is 0.313 e. The third-order valence-electron chi connectivity index (χ3n) is 2.56. The van der Waals surface area contributed by atoms with Gasteiger partial charge in [0.1, 0.15) is 12.2 Å². The molecule has 1 unspecified atom stereocenters. The average molecular weight is 234 g/mol. The summed E-state index contributed by atoms with van der Waals surface area (Å²) in [6, 6.07) is 9.78. The predicted molar refractivity (Wildman–Crippen MR) is 65.6 cm³/mol. The first kappa shape index (κ1) is 13.4. The summed E-state index contributed by atoms with van der Waals surface area (Å²) in [5, 5.41) is 0. The van der Waals surface area contributed by atoms with Crippen molar-refractivity contribution in [3.63, 3.8) is 0 Å². The molecule has 0 saturated carbocycles. The molecule has 0 aliphatic carbocycles. The molecule has 0 radical (unpaired) electrons. The Morgan fingerprint density at radius 3 is 2.47 bits per heavy atom. The standard InChI is InChI=1S/C14H18O3/c1-3-17-14(16)10-13(15)11(2)9-12-7-5-4-6-8-12/h4-8,11H,3,9-10H2,1-2H3. The molecule has 1 aromatic carbocycles. The highest BCUT2D eigenvalue weighted by Gasteiger charge is 2.17. The number of rotatable bonds is 6. The second-order valence-corrected chi connectivity index (χ2v) is 4.04. The van der Waals surface area contributed by atoms with Crippen molar-refractivity contribution in [2.24, 2.45) is 5.92 Å². The molecule has 3 nitrogen and oxygen atoms in total. The minimum absolute atomic E-state index is 0.0627. The van der Waals surface area contributed by atoms with Gasteiger partial charge >= 0.3 is 5.97 Å². The largest absolute Gasteiger partial charge is 0.466 e. The van der Waals surface area contributed by atoms with Crippen LogP contribution in [0.5, 0.6) is 0 Å². The quantitative estimate of drug-likeness (QED) is 0.560. The molecule has 1 atom stereocenters. The van der Waals surface area contributed by atoms with Crippen molar-refractivity contribution in [3.8, 4) is 0 Å². The summed E-state index contributed by atoms with van der Waals surface area (Å²) in [5.41, 5.74) is 1.11. The summed E-state index contributed by atoms with van der Waals surface area (Å²) in [5.74, 6) is -0.647. The van der Waals surface area contributed by atoms with Crippen molar-refractivity contribution < 1.29 is 14.3 Å². The van der Waals surface area contributed by atoms with Crippen LogP contribution >= 0.6 is 0 Å². The topological polar surface area (TPSA) is 43.4 Å². The Labute approximate surface area is 102 Å². The Morgan fingerprint density at radius 1 is 1.24 bits per heavy atom. The van der Waals surface area contributed by atoms with Gasteiger partial charge in [0, 0.05) is 5.92 Å². The Balaban J connectivity index is 2.45. The van der Waals surface area contributed by atoms with Crippen molar-refractivity contribution in [2.45, 2.75) is 26.7 Å². The van der Waals surface area contributed by atoms with Gasteiger partial charge in [-0.05, 0) is 18.9 Å². The average Bonchev–Trinajstić information content (AvgIpc) is 2.30. The third-order valence-corrected chi connectivity index (χ3v) is 2.56. The lowest BCUT2D eigenvalue weighted by atomic mass is 9.95. The molecule has 3 heteroatoms. The van der Waals surface area contributed by atoms with Crippen molar-refractivity contribution in [1.82, 2.24) is 0 Å². The van der Waals surface area contributed by atoms with Crippen LogP contribution in [0.2, 0.25) is 0 Å². The zero-order valence-corrected chi connectivity index (χ0v) is 10.3. The zero-order chi connectivity index (χ0) is 12.7. The number of hydrogen-bond acceptors (Lipinski definition) is 3. The van der Waals surface area contributed by atoms with Crippen LogP contribution in [0, 0.1) is 5.92 Å². The number of hydrogen-bond donors (Lipinski definition) is 0. The molecule has 0 fully saturated rings. The van der Waals surface area contributed by atoms with E-state index in [9.17, 15) is 9.59 Å². The minimum Gasteiger partial charge on any atom is -0.466 e. The number of Topliss-reactive ketones (excluding diaryl/α,β-unsaturated/α-hetero) is 1. The van der Waals surface area contributed by atoms with Crippen LogP contribution in [0.1, 0.15) is 25.8 Å². The second kappa shape index (κ2) is 6.84. The normalized spacial score (nSPS) is 11.9. The molecular weight excluding hydrogens is 216 g/mol. The molecule has 1 rings (SSSR count). The maximum absolute atomic E-state index is 11.7. The van der Waals surface area contributed by atoms with E-state index in [2.05, 4.69) is 0 Å². The van der Waals surface area contributed by atoms with E-state index >= 15 is 0 Å². The lowest BCUT2D eigenvalue weighted by Crippen LogP contribution is -2.19. The Morgan fingerprint density at radius 2 is 1.88 bits per heavy atom. The van der Waals surface area contributed by atoms with Gasteiger partial charge < -0.3 is 4.74 Å². The zero-order valence-electron chi connectivity index (χ0n) is 10.3. The van der Waals surface area contributed by atoms with Crippen LogP contribution in [0.3, 0.4) is 0 Å². The molecule has 0 bridgehead atoms. The summed E-state index contributed by atoms with van der Waals surface area (Å²) in [6.45, 7) is 3.89. The van der Waals surface area contributed by atoms with Crippen LogP contribution in [-0.4, -0.2) is 18.4 Å². The van der Waals surface area contributed by atoms with E-state index in [1.807, 2.05) is 37.3 Å². The van der Waals surface area contributed by atoms with Gasteiger partial charge in [-0.25, -0.2) is 0 Å². The summed E-state index contributed by atoms with van der Waals surface area (Å²) in [6.07, 6.45) is 0.543. The van der Waals surface area contributed by atoms with Crippen LogP contribution in [0.4, 0.5) is 0 Å². The summed E-state index contributed by atoms with van der Waals surface area (Å²) in [4.78, 5) is 22.9. The van der Waals surface area contributed by atoms with Gasteiger partial charge in [0.15, 0.2) is 0 Å². The Hall–Kier alpha value is -1.64. The van der Waals surface area contributed by atoms with Gasteiger partial charge in [0.2, 0.25) is 0 Å². The first-order valence-corrected chi connectivity index (χ1v) is 5.85. The minimum atomic E-state index is -0.433. The van der Waals surface area contributed by atoms with E-state index in [-0.39, 0.29) is 18.1 Å². The number of carbonyl (C=O) groups excluding carboxylic acids is 2. The van der Waals surface area contributed by atoms with E-state index in [0.29, 0.717) is 13.0 Å². The molecule has 0 amide bonds. The van der Waals surface area contributed by atoms with Gasteiger partial charge in [-0.3, -0.25) is 9.59 Å². The lowest BCUT2D eigenvalue weighted by Gasteiger charge is -2.09. The third kappa shape index (κ3) is 4.81. The fourth-order valence-electron chi connectivity index (χ4n) is 1.61. The number of benzene rings is 1. The molecular formula is C14H18O3. The molecule has 0 aliphatic rings. The first-order chi connectivity index (χ1) is 8.13. The molecule has 0 N–H and O–H groups in total. The SMILES string of the molecule is CCOC(=O)CC(=O)C(C)Cc1ccccc1. The Kier molecular flexibility index (Phi) is 5.40. The predicted octanol–water partition coefficient (Wildman–Crippen LogP) is 2.39. The van der Waals surface area contributed by atoms with Crippen LogP contribution < -0.4 is 0 Å². The molecule has 0 saturated heterocycles. The van der Waals surface area contributed by atoms with Gasteiger partial charge in [-0.15, -0.1) is 0 Å². The highest BCUT2D eigenvalue weighted by atomic mass is 16.5. The van der Waals surface area contributed by atoms with Crippen molar-refractivity contribution in [1.29, 1.82) is 0 Å². The Bertz CT molecular complexity index is 370. The molecule has 17 heavy (non-hydrogen) atoms. The van der Waals surface area contributed by atoms with E-state index in [1.54, 1.807) is 6.92 Å². The van der Waals surface area contributed by atoms with Crippen molar-refractivity contribution >= 4 is 11.8 Å². The monoisotopic (exact) mass is 234 g/mol. The van der Waals surface area contributed by atoms with Gasteiger partial charge in [-0.2, -0.15) is 0 Å². The summed E-state index contributed by atoms with van der Waals surface area (Å²) < 4.78 is 4.75. The van der Waals surface area contributed by atoms with Crippen molar-refractivity contribution in [2.75, 3.05) is 6.61 Å².